The summed E-state index contributed by atoms with van der Waals surface area (Å²) in [4.78, 5) is 24.6. The Labute approximate surface area is 118 Å². The van der Waals surface area contributed by atoms with Gasteiger partial charge in [0.1, 0.15) is 11.3 Å². The van der Waals surface area contributed by atoms with E-state index in [9.17, 15) is 4.79 Å². The number of aromatic nitrogens is 2. The van der Waals surface area contributed by atoms with Crippen molar-refractivity contribution in [2.75, 3.05) is 32.7 Å². The van der Waals surface area contributed by atoms with E-state index in [0.717, 1.165) is 49.6 Å². The van der Waals surface area contributed by atoms with Gasteiger partial charge in [0.05, 0.1) is 11.1 Å². The molecule has 0 unspecified atom stereocenters. The van der Waals surface area contributed by atoms with Crippen molar-refractivity contribution in [2.45, 2.75) is 13.8 Å². The summed E-state index contributed by atoms with van der Waals surface area (Å²) < 4.78 is 0. The largest absolute Gasteiger partial charge is 0.342 e. The average molecular weight is 272 g/mol. The van der Waals surface area contributed by atoms with Crippen LogP contribution in [0.4, 0.5) is 0 Å². The minimum Gasteiger partial charge on any atom is -0.342 e. The molecular formula is C15H20N4O. The van der Waals surface area contributed by atoms with Crippen molar-refractivity contribution < 1.29 is 4.79 Å². The number of hydrogen-bond donors (Lipinski definition) is 1. The molecular weight excluding hydrogens is 252 g/mol. The molecule has 1 fully saturated rings. The fraction of sp³-hybridized carbons (Fsp3) is 0.467. The maximum atomic E-state index is 12.7. The van der Waals surface area contributed by atoms with Crippen LogP contribution >= 0.6 is 0 Å². The molecule has 2 aromatic rings. The summed E-state index contributed by atoms with van der Waals surface area (Å²) in [7, 11) is 0. The van der Waals surface area contributed by atoms with E-state index in [2.05, 4.69) is 21.8 Å². The van der Waals surface area contributed by atoms with E-state index < -0.39 is 0 Å². The molecule has 20 heavy (non-hydrogen) atoms. The molecule has 1 saturated heterocycles. The van der Waals surface area contributed by atoms with E-state index in [1.54, 1.807) is 0 Å². The van der Waals surface area contributed by atoms with Gasteiger partial charge in [-0.15, -0.1) is 0 Å². The second-order valence-electron chi connectivity index (χ2n) is 5.25. The Morgan fingerprint density at radius 3 is 2.75 bits per heavy atom. The van der Waals surface area contributed by atoms with Crippen LogP contribution in [0.3, 0.4) is 0 Å². The number of piperazine rings is 1. The summed E-state index contributed by atoms with van der Waals surface area (Å²) in [6.45, 7) is 8.63. The average Bonchev–Trinajstić information content (AvgIpc) is 2.86. The van der Waals surface area contributed by atoms with E-state index in [4.69, 9.17) is 0 Å². The van der Waals surface area contributed by atoms with E-state index in [-0.39, 0.29) is 5.91 Å². The number of imidazole rings is 1. The molecule has 0 saturated carbocycles. The first-order valence-electron chi connectivity index (χ1n) is 7.16. The van der Waals surface area contributed by atoms with E-state index in [0.29, 0.717) is 5.56 Å². The van der Waals surface area contributed by atoms with Gasteiger partial charge in [-0.3, -0.25) is 4.79 Å². The van der Waals surface area contributed by atoms with Crippen LogP contribution in [0.25, 0.3) is 11.0 Å². The lowest BCUT2D eigenvalue weighted by molar-refractivity contribution is 0.0645. The summed E-state index contributed by atoms with van der Waals surface area (Å²) >= 11 is 0. The lowest BCUT2D eigenvalue weighted by atomic mass is 10.1. The predicted octanol–water partition coefficient (Wildman–Crippen LogP) is 1.65. The highest BCUT2D eigenvalue weighted by Crippen LogP contribution is 2.18. The van der Waals surface area contributed by atoms with E-state index in [1.807, 2.05) is 30.0 Å². The quantitative estimate of drug-likeness (QED) is 0.904. The Hall–Kier alpha value is -1.88. The lowest BCUT2D eigenvalue weighted by Gasteiger charge is -2.34. The first-order chi connectivity index (χ1) is 9.69. The second-order valence-corrected chi connectivity index (χ2v) is 5.25. The summed E-state index contributed by atoms with van der Waals surface area (Å²) in [5, 5.41) is 0. The third-order valence-electron chi connectivity index (χ3n) is 3.97. The van der Waals surface area contributed by atoms with Gasteiger partial charge < -0.3 is 14.8 Å². The van der Waals surface area contributed by atoms with E-state index >= 15 is 0 Å². The number of H-pyrrole nitrogens is 1. The van der Waals surface area contributed by atoms with Gasteiger partial charge >= 0.3 is 0 Å². The number of rotatable bonds is 2. The highest BCUT2D eigenvalue weighted by Gasteiger charge is 2.23. The molecule has 0 bridgehead atoms. The maximum absolute atomic E-state index is 12.7. The summed E-state index contributed by atoms with van der Waals surface area (Å²) in [6.07, 6.45) is 0. The highest BCUT2D eigenvalue weighted by molar-refractivity contribution is 6.04. The molecule has 1 amide bonds. The topological polar surface area (TPSA) is 52.2 Å². The number of aromatic amines is 1. The molecule has 2 heterocycles. The van der Waals surface area contributed by atoms with Crippen molar-refractivity contribution in [3.8, 4) is 0 Å². The van der Waals surface area contributed by atoms with Gasteiger partial charge in [-0.05, 0) is 25.6 Å². The number of para-hydroxylation sites is 1. The molecule has 1 aliphatic rings. The van der Waals surface area contributed by atoms with Crippen LogP contribution in [-0.2, 0) is 0 Å². The van der Waals surface area contributed by atoms with Crippen LogP contribution in [0.1, 0.15) is 23.1 Å². The van der Waals surface area contributed by atoms with Crippen molar-refractivity contribution in [3.63, 3.8) is 0 Å². The fourth-order valence-corrected chi connectivity index (χ4v) is 2.77. The van der Waals surface area contributed by atoms with Crippen LogP contribution in [0, 0.1) is 6.92 Å². The fourth-order valence-electron chi connectivity index (χ4n) is 2.77. The van der Waals surface area contributed by atoms with Crippen LogP contribution in [0.15, 0.2) is 18.2 Å². The van der Waals surface area contributed by atoms with Gasteiger partial charge in [0, 0.05) is 26.2 Å². The molecule has 0 spiro atoms. The van der Waals surface area contributed by atoms with Gasteiger partial charge in [0.25, 0.3) is 5.91 Å². The SMILES string of the molecule is CCN1CCN(C(=O)c2cccc3[nH]c(C)nc23)CC1. The van der Waals surface area contributed by atoms with Gasteiger partial charge in [0.15, 0.2) is 0 Å². The normalized spacial score (nSPS) is 16.8. The Morgan fingerprint density at radius 1 is 1.30 bits per heavy atom. The number of nitrogens with one attached hydrogen (secondary N) is 1. The van der Waals surface area contributed by atoms with Gasteiger partial charge in [-0.25, -0.2) is 4.98 Å². The van der Waals surface area contributed by atoms with Crippen molar-refractivity contribution in [3.05, 3.63) is 29.6 Å². The molecule has 106 valence electrons. The minimum atomic E-state index is 0.0952. The first kappa shape index (κ1) is 13.1. The Morgan fingerprint density at radius 2 is 2.05 bits per heavy atom. The monoisotopic (exact) mass is 272 g/mol. The number of nitrogens with zero attached hydrogens (tertiary/aromatic N) is 3. The summed E-state index contributed by atoms with van der Waals surface area (Å²) in [6, 6.07) is 5.74. The van der Waals surface area contributed by atoms with Crippen molar-refractivity contribution >= 4 is 16.9 Å². The second kappa shape index (κ2) is 5.25. The Kier molecular flexibility index (Phi) is 3.44. The standard InChI is InChI=1S/C15H20N4O/c1-3-18-7-9-19(10-8-18)15(20)12-5-4-6-13-14(12)17-11(2)16-13/h4-6H,3,7-10H2,1-2H3,(H,16,17). The molecule has 5 nitrogen and oxygen atoms in total. The number of hydrogen-bond acceptors (Lipinski definition) is 3. The molecule has 3 rings (SSSR count). The number of amides is 1. The maximum Gasteiger partial charge on any atom is 0.256 e. The molecule has 0 radical (unpaired) electrons. The molecule has 5 heteroatoms. The summed E-state index contributed by atoms with van der Waals surface area (Å²) in [5.74, 6) is 0.939. The molecule has 0 atom stereocenters. The number of fused-ring (bicyclic) bond motifs is 1. The van der Waals surface area contributed by atoms with Gasteiger partial charge in [0.2, 0.25) is 0 Å². The molecule has 1 aromatic heterocycles. The predicted molar refractivity (Wildman–Crippen MR) is 78.8 cm³/mol. The zero-order valence-corrected chi connectivity index (χ0v) is 12.0. The zero-order valence-electron chi connectivity index (χ0n) is 12.0. The smallest absolute Gasteiger partial charge is 0.256 e. The van der Waals surface area contributed by atoms with Crippen LogP contribution in [0.5, 0.6) is 0 Å². The summed E-state index contributed by atoms with van der Waals surface area (Å²) in [5.41, 5.74) is 2.42. The number of benzene rings is 1. The number of carbonyl (C=O) groups excluding carboxylic acids is 1. The van der Waals surface area contributed by atoms with E-state index in [1.165, 1.54) is 0 Å². The molecule has 1 aliphatic heterocycles. The van der Waals surface area contributed by atoms with Crippen molar-refractivity contribution in [1.82, 2.24) is 19.8 Å². The Bertz CT molecular complexity index is 626. The number of aryl methyl sites for hydroxylation is 1. The van der Waals surface area contributed by atoms with Crippen molar-refractivity contribution in [2.24, 2.45) is 0 Å². The molecule has 1 N–H and O–H groups in total. The zero-order chi connectivity index (χ0) is 14.1. The van der Waals surface area contributed by atoms with Gasteiger partial charge in [-0.1, -0.05) is 13.0 Å². The third kappa shape index (κ3) is 2.29. The van der Waals surface area contributed by atoms with Crippen LogP contribution in [0.2, 0.25) is 0 Å². The van der Waals surface area contributed by atoms with Crippen LogP contribution < -0.4 is 0 Å². The molecule has 1 aromatic carbocycles. The van der Waals surface area contributed by atoms with Gasteiger partial charge in [-0.2, -0.15) is 0 Å². The minimum absolute atomic E-state index is 0.0952. The third-order valence-corrected chi connectivity index (χ3v) is 3.97. The Balaban J connectivity index is 1.86. The van der Waals surface area contributed by atoms with Crippen molar-refractivity contribution in [1.29, 1.82) is 0 Å². The lowest BCUT2D eigenvalue weighted by Crippen LogP contribution is -2.48. The molecule has 0 aliphatic carbocycles. The highest BCUT2D eigenvalue weighted by atomic mass is 16.2. The van der Waals surface area contributed by atoms with Crippen LogP contribution in [-0.4, -0.2) is 58.4 Å². The first-order valence-corrected chi connectivity index (χ1v) is 7.16. The number of carbonyl (C=O) groups is 1. The number of likely N-dealkylation sites (N-methyl/N-ethyl adjacent to an activating group) is 1.